The molecule has 0 bridgehead atoms. The summed E-state index contributed by atoms with van der Waals surface area (Å²) < 4.78 is 34.6. The first-order valence-corrected chi connectivity index (χ1v) is 13.3. The number of nitrogens with zero attached hydrogens (tertiary/aromatic N) is 1. The van der Waals surface area contributed by atoms with Crippen LogP contribution in [0.2, 0.25) is 0 Å². The SMILES string of the molecule is COc1ccc(C(OCC[N+](C)(C)CCOP(OC)OC)(c2ccccc2)c2ccc(OC)cc2)cc1. The molecule has 0 saturated heterocycles. The van der Waals surface area contributed by atoms with Crippen molar-refractivity contribution in [3.63, 3.8) is 0 Å². The van der Waals surface area contributed by atoms with E-state index in [1.54, 1.807) is 28.4 Å². The minimum Gasteiger partial charge on any atom is -0.497 e. The maximum absolute atomic E-state index is 6.96. The summed E-state index contributed by atoms with van der Waals surface area (Å²) in [4.78, 5) is 0. The number of hydrogen-bond acceptors (Lipinski definition) is 6. The number of quaternary nitrogens is 1. The van der Waals surface area contributed by atoms with Gasteiger partial charge in [-0.15, -0.1) is 0 Å². The molecule has 0 spiro atoms. The normalized spacial score (nSPS) is 12.1. The van der Waals surface area contributed by atoms with Gasteiger partial charge in [0.15, 0.2) is 0 Å². The quantitative estimate of drug-likeness (QED) is 0.145. The lowest BCUT2D eigenvalue weighted by molar-refractivity contribution is -0.890. The second-order valence-corrected chi connectivity index (χ2v) is 10.6. The Balaban J connectivity index is 1.93. The Morgan fingerprint density at radius 2 is 1.08 bits per heavy atom. The maximum Gasteiger partial charge on any atom is 0.332 e. The Hall–Kier alpha value is -2.51. The van der Waals surface area contributed by atoms with Gasteiger partial charge in [0, 0.05) is 14.2 Å². The Morgan fingerprint density at radius 1 is 0.622 bits per heavy atom. The third-order valence-electron chi connectivity index (χ3n) is 6.38. The van der Waals surface area contributed by atoms with Crippen molar-refractivity contribution in [2.24, 2.45) is 0 Å². The van der Waals surface area contributed by atoms with E-state index in [4.69, 9.17) is 27.8 Å². The molecule has 0 unspecified atom stereocenters. The van der Waals surface area contributed by atoms with Gasteiger partial charge in [-0.2, -0.15) is 0 Å². The van der Waals surface area contributed by atoms with Gasteiger partial charge in [0.25, 0.3) is 0 Å². The van der Waals surface area contributed by atoms with Crippen LogP contribution in [0.4, 0.5) is 0 Å². The van der Waals surface area contributed by atoms with Crippen molar-refractivity contribution in [3.05, 3.63) is 95.6 Å². The van der Waals surface area contributed by atoms with Crippen LogP contribution in [0.15, 0.2) is 78.9 Å². The van der Waals surface area contributed by atoms with Gasteiger partial charge in [0.2, 0.25) is 0 Å². The molecular weight excluding hydrogens is 489 g/mol. The molecule has 0 aromatic heterocycles. The third kappa shape index (κ3) is 7.51. The second-order valence-electron chi connectivity index (χ2n) is 9.16. The van der Waals surface area contributed by atoms with Crippen LogP contribution in [0.1, 0.15) is 16.7 Å². The fourth-order valence-corrected chi connectivity index (χ4v) is 4.77. The number of ether oxygens (including phenoxy) is 3. The van der Waals surface area contributed by atoms with Crippen molar-refractivity contribution in [3.8, 4) is 11.5 Å². The molecule has 0 aliphatic rings. The zero-order valence-electron chi connectivity index (χ0n) is 22.7. The fourth-order valence-electron chi connectivity index (χ4n) is 4.17. The topological polar surface area (TPSA) is 55.4 Å². The Labute approximate surface area is 222 Å². The molecule has 3 aromatic rings. The van der Waals surface area contributed by atoms with Crippen LogP contribution in [0.25, 0.3) is 0 Å². The van der Waals surface area contributed by atoms with Gasteiger partial charge in [0.05, 0.1) is 34.9 Å². The molecule has 0 heterocycles. The van der Waals surface area contributed by atoms with Crippen molar-refractivity contribution in [1.29, 1.82) is 0 Å². The minimum atomic E-state index is -1.30. The van der Waals surface area contributed by atoms with E-state index in [2.05, 4.69) is 50.5 Å². The Bertz CT molecular complexity index is 1010. The molecule has 200 valence electrons. The number of likely N-dealkylation sites (N-methyl/N-ethyl adjacent to an activating group) is 1. The smallest absolute Gasteiger partial charge is 0.332 e. The second kappa shape index (κ2) is 13.9. The highest BCUT2D eigenvalue weighted by atomic mass is 31.2. The fraction of sp³-hybridized carbons (Fsp3) is 0.379. The molecule has 7 nitrogen and oxygen atoms in total. The molecule has 0 amide bonds. The predicted octanol–water partition coefficient (Wildman–Crippen LogP) is 5.63. The summed E-state index contributed by atoms with van der Waals surface area (Å²) in [6.45, 7) is 2.62. The van der Waals surface area contributed by atoms with Gasteiger partial charge < -0.3 is 32.3 Å². The third-order valence-corrected chi connectivity index (χ3v) is 7.37. The minimum absolute atomic E-state index is 0.517. The van der Waals surface area contributed by atoms with E-state index in [1.165, 1.54) is 0 Å². The van der Waals surface area contributed by atoms with Crippen molar-refractivity contribution in [2.75, 3.05) is 68.8 Å². The molecule has 8 heteroatoms. The highest BCUT2D eigenvalue weighted by Gasteiger charge is 2.38. The number of rotatable bonds is 15. The Morgan fingerprint density at radius 3 is 1.54 bits per heavy atom. The van der Waals surface area contributed by atoms with E-state index < -0.39 is 14.2 Å². The molecule has 0 atom stereocenters. The van der Waals surface area contributed by atoms with Crippen molar-refractivity contribution in [2.45, 2.75) is 5.60 Å². The Kier molecular flexibility index (Phi) is 10.9. The van der Waals surface area contributed by atoms with Gasteiger partial charge in [-0.05, 0) is 41.0 Å². The van der Waals surface area contributed by atoms with Crippen molar-refractivity contribution < 1.29 is 32.3 Å². The average Bonchev–Trinajstić information content (AvgIpc) is 2.94. The lowest BCUT2D eigenvalue weighted by Gasteiger charge is -2.37. The van der Waals surface area contributed by atoms with Crippen LogP contribution in [0.5, 0.6) is 11.5 Å². The van der Waals surface area contributed by atoms with Crippen LogP contribution in [0, 0.1) is 0 Å². The number of benzene rings is 3. The van der Waals surface area contributed by atoms with E-state index in [0.717, 1.165) is 41.3 Å². The molecule has 37 heavy (non-hydrogen) atoms. The molecule has 0 aliphatic carbocycles. The van der Waals surface area contributed by atoms with Gasteiger partial charge in [-0.3, -0.25) is 0 Å². The van der Waals surface area contributed by atoms with Crippen LogP contribution in [-0.2, 0) is 23.9 Å². The molecule has 3 rings (SSSR count). The first kappa shape index (κ1) is 29.1. The van der Waals surface area contributed by atoms with E-state index in [-0.39, 0.29) is 0 Å². The first-order chi connectivity index (χ1) is 17.9. The molecular formula is C29H39NO6P+. The monoisotopic (exact) mass is 528 g/mol. The summed E-state index contributed by atoms with van der Waals surface area (Å²) in [5.74, 6) is 1.59. The molecule has 0 radical (unpaired) electrons. The summed E-state index contributed by atoms with van der Waals surface area (Å²) in [7, 11) is 9.55. The molecule has 0 fully saturated rings. The number of hydrogen-bond donors (Lipinski definition) is 0. The molecule has 0 aliphatic heterocycles. The van der Waals surface area contributed by atoms with Crippen LogP contribution in [0.3, 0.4) is 0 Å². The van der Waals surface area contributed by atoms with Gasteiger partial charge in [0.1, 0.15) is 36.8 Å². The maximum atomic E-state index is 6.96. The van der Waals surface area contributed by atoms with Crippen molar-refractivity contribution >= 4 is 8.60 Å². The highest BCUT2D eigenvalue weighted by molar-refractivity contribution is 7.41. The summed E-state index contributed by atoms with van der Waals surface area (Å²) >= 11 is 0. The van der Waals surface area contributed by atoms with Crippen LogP contribution < -0.4 is 9.47 Å². The largest absolute Gasteiger partial charge is 0.497 e. The zero-order chi connectivity index (χ0) is 26.7. The molecule has 0 N–H and O–H groups in total. The van der Waals surface area contributed by atoms with Gasteiger partial charge in [-0.1, -0.05) is 54.6 Å². The highest BCUT2D eigenvalue weighted by Crippen LogP contribution is 2.42. The summed E-state index contributed by atoms with van der Waals surface area (Å²) in [6.07, 6.45) is 0. The van der Waals surface area contributed by atoms with E-state index >= 15 is 0 Å². The van der Waals surface area contributed by atoms with Crippen LogP contribution >= 0.6 is 8.60 Å². The zero-order valence-corrected chi connectivity index (χ0v) is 23.6. The average molecular weight is 529 g/mol. The summed E-state index contributed by atoms with van der Waals surface area (Å²) in [5.41, 5.74) is 2.26. The number of methoxy groups -OCH3 is 2. The molecule has 0 saturated carbocycles. The standard InChI is InChI=1S/C29H39NO6P/c1-30(2,21-23-36-37(33-5)34-6)20-22-35-29(24-10-8-7-9-11-24,25-12-16-27(31-3)17-13-25)26-14-18-28(32-4)19-15-26/h7-19H,20-23H2,1-6H3/q+1. The van der Waals surface area contributed by atoms with Crippen molar-refractivity contribution in [1.82, 2.24) is 0 Å². The lowest BCUT2D eigenvalue weighted by atomic mass is 9.80. The van der Waals surface area contributed by atoms with Gasteiger partial charge >= 0.3 is 8.60 Å². The first-order valence-electron chi connectivity index (χ1n) is 12.2. The molecule has 3 aromatic carbocycles. The summed E-state index contributed by atoms with van der Waals surface area (Å²) in [5, 5.41) is 0. The summed E-state index contributed by atoms with van der Waals surface area (Å²) in [6, 6.07) is 26.5. The lowest BCUT2D eigenvalue weighted by Crippen LogP contribution is -2.46. The van der Waals surface area contributed by atoms with E-state index in [9.17, 15) is 0 Å². The van der Waals surface area contributed by atoms with E-state index in [0.29, 0.717) is 17.7 Å². The van der Waals surface area contributed by atoms with E-state index in [1.807, 2.05) is 42.5 Å². The van der Waals surface area contributed by atoms with Gasteiger partial charge in [-0.25, -0.2) is 0 Å². The predicted molar refractivity (Wildman–Crippen MR) is 147 cm³/mol. The van der Waals surface area contributed by atoms with Crippen LogP contribution in [-0.4, -0.2) is 73.3 Å².